The molecule has 0 saturated carbocycles. The predicted octanol–water partition coefficient (Wildman–Crippen LogP) is 6.49. The highest BCUT2D eigenvalue weighted by molar-refractivity contribution is 6.09. The van der Waals surface area contributed by atoms with Gasteiger partial charge in [-0.15, -0.1) is 0 Å². The number of carbonyl (C=O) groups excluding carboxylic acids is 1. The number of hydrogen-bond acceptors (Lipinski definition) is 4. The van der Waals surface area contributed by atoms with E-state index >= 15 is 0 Å². The Morgan fingerprint density at radius 2 is 1.90 bits per heavy atom. The van der Waals surface area contributed by atoms with E-state index in [0.717, 1.165) is 17.8 Å². The van der Waals surface area contributed by atoms with Gasteiger partial charge in [-0.05, 0) is 53.9 Å². The second-order valence-electron chi connectivity index (χ2n) is 7.74. The zero-order valence-corrected chi connectivity index (χ0v) is 17.4. The molecule has 2 heterocycles. The van der Waals surface area contributed by atoms with Gasteiger partial charge in [0, 0.05) is 35.2 Å². The fraction of sp³-hybridized carbons (Fsp3) is 0.192. The topological polar surface area (TPSA) is 51.5 Å². The fourth-order valence-electron chi connectivity index (χ4n) is 4.36. The molecular weight excluding hydrogens is 393 g/mol. The lowest BCUT2D eigenvalue weighted by Gasteiger charge is -2.15. The summed E-state index contributed by atoms with van der Waals surface area (Å²) in [4.78, 5) is 12.9. The molecule has 1 unspecified atom stereocenters. The van der Waals surface area contributed by atoms with Crippen molar-refractivity contribution in [3.05, 3.63) is 88.7 Å². The average molecular weight is 415 g/mol. The van der Waals surface area contributed by atoms with Gasteiger partial charge in [0.1, 0.15) is 22.7 Å². The highest BCUT2D eigenvalue weighted by Crippen LogP contribution is 2.42. The van der Waals surface area contributed by atoms with E-state index in [-0.39, 0.29) is 18.3 Å². The summed E-state index contributed by atoms with van der Waals surface area (Å²) in [6.07, 6.45) is 0. The van der Waals surface area contributed by atoms with Crippen LogP contribution in [0.15, 0.2) is 65.1 Å². The van der Waals surface area contributed by atoms with E-state index in [0.29, 0.717) is 27.9 Å². The Morgan fingerprint density at radius 3 is 2.68 bits per heavy atom. The summed E-state index contributed by atoms with van der Waals surface area (Å²) in [6.45, 7) is 4.91. The van der Waals surface area contributed by atoms with Crippen molar-refractivity contribution in [2.45, 2.75) is 26.3 Å². The fourth-order valence-corrected chi connectivity index (χ4v) is 4.36. The lowest BCUT2D eigenvalue weighted by atomic mass is 9.89. The van der Waals surface area contributed by atoms with Crippen LogP contribution in [-0.4, -0.2) is 12.6 Å². The van der Waals surface area contributed by atoms with E-state index < -0.39 is 5.97 Å². The average Bonchev–Trinajstić information content (AvgIpc) is 3.09. The molecule has 1 aliphatic rings. The van der Waals surface area contributed by atoms with Gasteiger partial charge in [0.15, 0.2) is 0 Å². The minimum absolute atomic E-state index is 0.143. The number of halogens is 1. The van der Waals surface area contributed by atoms with Crippen molar-refractivity contribution in [2.24, 2.45) is 0 Å². The summed E-state index contributed by atoms with van der Waals surface area (Å²) in [6, 6.07) is 18.3. The van der Waals surface area contributed by atoms with Gasteiger partial charge in [0.25, 0.3) is 0 Å². The number of benzene rings is 3. The second kappa shape index (κ2) is 7.58. The highest BCUT2D eigenvalue weighted by Gasteiger charge is 2.27. The first-order valence-corrected chi connectivity index (χ1v) is 10.4. The zero-order chi connectivity index (χ0) is 21.5. The summed E-state index contributed by atoms with van der Waals surface area (Å²) >= 11 is 0. The molecule has 156 valence electrons. The molecule has 4 aromatic rings. The molecule has 1 atom stereocenters. The normalized spacial score (nSPS) is 15.0. The van der Waals surface area contributed by atoms with E-state index in [1.54, 1.807) is 19.1 Å². The minimum Gasteiger partial charge on any atom is -0.462 e. The van der Waals surface area contributed by atoms with Crippen molar-refractivity contribution in [3.8, 4) is 11.3 Å². The Balaban J connectivity index is 1.74. The maximum Gasteiger partial charge on any atom is 0.342 e. The van der Waals surface area contributed by atoms with Crippen LogP contribution in [-0.2, 0) is 11.3 Å². The molecule has 1 aromatic heterocycles. The molecule has 1 N–H and O–H groups in total. The number of carbonyl (C=O) groups is 1. The monoisotopic (exact) mass is 415 g/mol. The lowest BCUT2D eigenvalue weighted by molar-refractivity contribution is 0.0528. The first-order chi connectivity index (χ1) is 15.1. The molecule has 3 aromatic carbocycles. The van der Waals surface area contributed by atoms with Crippen LogP contribution in [0.2, 0.25) is 0 Å². The van der Waals surface area contributed by atoms with E-state index in [1.165, 1.54) is 23.3 Å². The van der Waals surface area contributed by atoms with E-state index in [4.69, 9.17) is 9.15 Å². The Hall–Kier alpha value is -3.60. The van der Waals surface area contributed by atoms with Crippen molar-refractivity contribution >= 4 is 22.6 Å². The number of fused-ring (bicyclic) bond motifs is 3. The van der Waals surface area contributed by atoms with Gasteiger partial charge in [-0.3, -0.25) is 0 Å². The molecular formula is C26H22FNO3. The number of anilines is 1. The minimum atomic E-state index is -0.449. The highest BCUT2D eigenvalue weighted by atomic mass is 19.1. The molecule has 0 fully saturated rings. The summed E-state index contributed by atoms with van der Waals surface area (Å²) in [5.74, 6) is -0.261. The molecule has 1 aliphatic heterocycles. The molecule has 0 saturated heterocycles. The molecule has 0 spiro atoms. The zero-order valence-electron chi connectivity index (χ0n) is 17.4. The Morgan fingerprint density at radius 1 is 1.13 bits per heavy atom. The van der Waals surface area contributed by atoms with E-state index in [2.05, 4.69) is 24.4 Å². The summed E-state index contributed by atoms with van der Waals surface area (Å²) in [7, 11) is 0. The van der Waals surface area contributed by atoms with Crippen molar-refractivity contribution in [2.75, 3.05) is 11.9 Å². The maximum absolute atomic E-state index is 13.5. The van der Waals surface area contributed by atoms with Crippen LogP contribution in [0, 0.1) is 5.82 Å². The lowest BCUT2D eigenvalue weighted by Crippen LogP contribution is -2.06. The van der Waals surface area contributed by atoms with E-state index in [1.807, 2.05) is 24.3 Å². The number of nitrogens with one attached hydrogen (secondary N) is 1. The molecule has 0 amide bonds. The Labute approximate surface area is 179 Å². The van der Waals surface area contributed by atoms with Crippen LogP contribution in [0.4, 0.5) is 10.1 Å². The van der Waals surface area contributed by atoms with Crippen molar-refractivity contribution in [1.29, 1.82) is 0 Å². The van der Waals surface area contributed by atoms with E-state index in [9.17, 15) is 9.18 Å². The maximum atomic E-state index is 13.5. The standard InChI is InChI=1S/C26H22FNO3/c1-3-30-26(29)24-21-12-20-15(2)19-7-5-4-6-17(19)14-28-22(20)13-23(21)31-25(24)16-8-10-18(27)11-9-16/h4-13,15,28H,3,14H2,1-2H3. The second-order valence-corrected chi connectivity index (χ2v) is 7.74. The largest absolute Gasteiger partial charge is 0.462 e. The Bertz CT molecular complexity index is 1290. The number of ether oxygens (including phenoxy) is 1. The molecule has 0 radical (unpaired) electrons. The molecule has 4 nitrogen and oxygen atoms in total. The summed E-state index contributed by atoms with van der Waals surface area (Å²) < 4.78 is 25.0. The number of hydrogen-bond donors (Lipinski definition) is 1. The SMILES string of the molecule is CCOC(=O)c1c(-c2ccc(F)cc2)oc2cc3c(cc12)C(C)c1ccccc1CN3. The summed E-state index contributed by atoms with van der Waals surface area (Å²) in [5, 5.41) is 4.21. The van der Waals surface area contributed by atoms with Crippen molar-refractivity contribution in [3.63, 3.8) is 0 Å². The smallest absolute Gasteiger partial charge is 0.342 e. The third kappa shape index (κ3) is 3.26. The van der Waals surface area contributed by atoms with Gasteiger partial charge in [-0.1, -0.05) is 31.2 Å². The van der Waals surface area contributed by atoms with Crippen LogP contribution >= 0.6 is 0 Å². The molecule has 5 rings (SSSR count). The van der Waals surface area contributed by atoms with Crippen LogP contribution in [0.3, 0.4) is 0 Å². The van der Waals surface area contributed by atoms with Crippen LogP contribution in [0.1, 0.15) is 46.8 Å². The molecule has 0 bridgehead atoms. The van der Waals surface area contributed by atoms with Crippen LogP contribution in [0.25, 0.3) is 22.3 Å². The first kappa shape index (κ1) is 19.4. The van der Waals surface area contributed by atoms with Crippen LogP contribution < -0.4 is 5.32 Å². The number of rotatable bonds is 3. The van der Waals surface area contributed by atoms with Gasteiger partial charge in [0.05, 0.1) is 6.61 Å². The van der Waals surface area contributed by atoms with Gasteiger partial charge >= 0.3 is 5.97 Å². The third-order valence-corrected chi connectivity index (χ3v) is 5.90. The molecule has 5 heteroatoms. The molecule has 31 heavy (non-hydrogen) atoms. The van der Waals surface area contributed by atoms with Gasteiger partial charge in [-0.2, -0.15) is 0 Å². The number of furan rings is 1. The van der Waals surface area contributed by atoms with Crippen molar-refractivity contribution < 1.29 is 18.3 Å². The first-order valence-electron chi connectivity index (χ1n) is 10.4. The van der Waals surface area contributed by atoms with Gasteiger partial charge < -0.3 is 14.5 Å². The summed E-state index contributed by atoms with van der Waals surface area (Å²) in [5.41, 5.74) is 6.17. The van der Waals surface area contributed by atoms with Gasteiger partial charge in [-0.25, -0.2) is 9.18 Å². The quantitative estimate of drug-likeness (QED) is 0.389. The Kier molecular flexibility index (Phi) is 4.74. The van der Waals surface area contributed by atoms with Gasteiger partial charge in [0.2, 0.25) is 0 Å². The number of esters is 1. The van der Waals surface area contributed by atoms with Crippen LogP contribution in [0.5, 0.6) is 0 Å². The predicted molar refractivity (Wildman–Crippen MR) is 119 cm³/mol. The molecule has 0 aliphatic carbocycles. The van der Waals surface area contributed by atoms with Crippen molar-refractivity contribution in [1.82, 2.24) is 0 Å². The third-order valence-electron chi connectivity index (χ3n) is 5.90.